The maximum atomic E-state index is 3.49. The van der Waals surface area contributed by atoms with Crippen LogP contribution in [0, 0.1) is 11.8 Å². The third kappa shape index (κ3) is 3.94. The lowest BCUT2D eigenvalue weighted by atomic mass is 9.99. The summed E-state index contributed by atoms with van der Waals surface area (Å²) < 4.78 is 0. The third-order valence-electron chi connectivity index (χ3n) is 4.97. The molecule has 0 spiro atoms. The second-order valence-electron chi connectivity index (χ2n) is 6.55. The van der Waals surface area contributed by atoms with Crippen LogP contribution < -0.4 is 5.32 Å². The lowest BCUT2D eigenvalue weighted by Gasteiger charge is -2.24. The van der Waals surface area contributed by atoms with Gasteiger partial charge in [-0.1, -0.05) is 6.42 Å². The number of nitrogens with zero attached hydrogens (tertiary/aromatic N) is 2. The number of hydrogen-bond donors (Lipinski definition) is 1. The standard InChI is InChI=1S/C15H31N3/c1-16-15-6-4-5-14(15)8-10-18(3)12-13-7-9-17(2)11-13/h13-16H,4-12H2,1-3H3. The van der Waals surface area contributed by atoms with Gasteiger partial charge in [0.05, 0.1) is 0 Å². The van der Waals surface area contributed by atoms with Crippen molar-refractivity contribution in [3.05, 3.63) is 0 Å². The molecule has 2 rings (SSSR count). The molecule has 1 aliphatic heterocycles. The zero-order valence-electron chi connectivity index (χ0n) is 12.5. The molecule has 1 saturated carbocycles. The molecular formula is C15H31N3. The van der Waals surface area contributed by atoms with E-state index >= 15 is 0 Å². The normalized spacial score (nSPS) is 33.7. The summed E-state index contributed by atoms with van der Waals surface area (Å²) in [5.74, 6) is 1.83. The van der Waals surface area contributed by atoms with Gasteiger partial charge in [-0.15, -0.1) is 0 Å². The monoisotopic (exact) mass is 253 g/mol. The largest absolute Gasteiger partial charge is 0.317 e. The number of rotatable bonds is 6. The van der Waals surface area contributed by atoms with Crippen molar-refractivity contribution in [3.63, 3.8) is 0 Å². The highest BCUT2D eigenvalue weighted by molar-refractivity contribution is 4.83. The van der Waals surface area contributed by atoms with Crippen LogP contribution in [0.1, 0.15) is 32.1 Å². The van der Waals surface area contributed by atoms with E-state index in [1.165, 1.54) is 58.3 Å². The highest BCUT2D eigenvalue weighted by Crippen LogP contribution is 2.28. The van der Waals surface area contributed by atoms with Crippen molar-refractivity contribution >= 4 is 0 Å². The van der Waals surface area contributed by atoms with Crippen molar-refractivity contribution in [2.75, 3.05) is 47.3 Å². The lowest BCUT2D eigenvalue weighted by molar-refractivity contribution is 0.247. The zero-order chi connectivity index (χ0) is 13.0. The SMILES string of the molecule is CNC1CCCC1CCN(C)CC1CCN(C)C1. The maximum absolute atomic E-state index is 3.49. The number of likely N-dealkylation sites (tertiary alicyclic amines) is 1. The topological polar surface area (TPSA) is 18.5 Å². The van der Waals surface area contributed by atoms with Crippen LogP contribution in [0.2, 0.25) is 0 Å². The van der Waals surface area contributed by atoms with Crippen LogP contribution in [0.5, 0.6) is 0 Å². The summed E-state index contributed by atoms with van der Waals surface area (Å²) in [4.78, 5) is 5.03. The molecule has 1 heterocycles. The first-order valence-corrected chi connectivity index (χ1v) is 7.73. The van der Waals surface area contributed by atoms with Gasteiger partial charge in [-0.2, -0.15) is 0 Å². The second kappa shape index (κ2) is 6.88. The average Bonchev–Trinajstić information content (AvgIpc) is 2.95. The Hall–Kier alpha value is -0.120. The molecule has 106 valence electrons. The van der Waals surface area contributed by atoms with Crippen LogP contribution in [-0.4, -0.2) is 63.2 Å². The van der Waals surface area contributed by atoms with Crippen LogP contribution in [0.4, 0.5) is 0 Å². The predicted octanol–water partition coefficient (Wildman–Crippen LogP) is 1.65. The molecule has 3 heteroatoms. The van der Waals surface area contributed by atoms with Crippen LogP contribution in [-0.2, 0) is 0 Å². The minimum Gasteiger partial charge on any atom is -0.317 e. The molecule has 18 heavy (non-hydrogen) atoms. The van der Waals surface area contributed by atoms with E-state index in [0.717, 1.165) is 17.9 Å². The van der Waals surface area contributed by atoms with E-state index in [2.05, 4.69) is 36.3 Å². The van der Waals surface area contributed by atoms with E-state index in [1.807, 2.05) is 0 Å². The second-order valence-corrected chi connectivity index (χ2v) is 6.55. The Kier molecular flexibility index (Phi) is 5.46. The Balaban J connectivity index is 1.63. The minimum absolute atomic E-state index is 0.788. The molecule has 2 fully saturated rings. The first kappa shape index (κ1) is 14.3. The summed E-state index contributed by atoms with van der Waals surface area (Å²) in [5.41, 5.74) is 0. The first-order valence-electron chi connectivity index (χ1n) is 7.73. The molecule has 0 aromatic heterocycles. The Labute approximate surface area is 113 Å². The Morgan fingerprint density at radius 1 is 1.28 bits per heavy atom. The summed E-state index contributed by atoms with van der Waals surface area (Å²) in [6.45, 7) is 5.17. The summed E-state index contributed by atoms with van der Waals surface area (Å²) >= 11 is 0. The van der Waals surface area contributed by atoms with Crippen molar-refractivity contribution in [2.45, 2.75) is 38.1 Å². The van der Waals surface area contributed by atoms with Crippen LogP contribution >= 0.6 is 0 Å². The molecule has 0 amide bonds. The average molecular weight is 253 g/mol. The molecule has 0 radical (unpaired) electrons. The van der Waals surface area contributed by atoms with Gasteiger partial charge >= 0.3 is 0 Å². The van der Waals surface area contributed by atoms with Gasteiger partial charge in [0, 0.05) is 19.1 Å². The molecule has 1 saturated heterocycles. The van der Waals surface area contributed by atoms with E-state index in [0.29, 0.717) is 0 Å². The van der Waals surface area contributed by atoms with Crippen molar-refractivity contribution in [1.29, 1.82) is 0 Å². The van der Waals surface area contributed by atoms with E-state index in [9.17, 15) is 0 Å². The van der Waals surface area contributed by atoms with Gasteiger partial charge in [0.2, 0.25) is 0 Å². The highest BCUT2D eigenvalue weighted by atomic mass is 15.1. The van der Waals surface area contributed by atoms with Crippen LogP contribution in [0.15, 0.2) is 0 Å². The lowest BCUT2D eigenvalue weighted by Crippen LogP contribution is -2.33. The summed E-state index contributed by atoms with van der Waals surface area (Å²) in [6, 6.07) is 0.788. The number of nitrogens with one attached hydrogen (secondary N) is 1. The van der Waals surface area contributed by atoms with Crippen LogP contribution in [0.25, 0.3) is 0 Å². The maximum Gasteiger partial charge on any atom is 0.00928 e. The molecule has 0 aromatic carbocycles. The molecule has 0 bridgehead atoms. The number of hydrogen-bond acceptors (Lipinski definition) is 3. The molecule has 0 aromatic rings. The Morgan fingerprint density at radius 2 is 2.11 bits per heavy atom. The molecule has 3 unspecified atom stereocenters. The molecule has 2 aliphatic rings. The van der Waals surface area contributed by atoms with E-state index < -0.39 is 0 Å². The zero-order valence-corrected chi connectivity index (χ0v) is 12.5. The highest BCUT2D eigenvalue weighted by Gasteiger charge is 2.26. The quantitative estimate of drug-likeness (QED) is 0.776. The van der Waals surface area contributed by atoms with Gasteiger partial charge in [0.15, 0.2) is 0 Å². The van der Waals surface area contributed by atoms with Crippen molar-refractivity contribution in [3.8, 4) is 0 Å². The minimum atomic E-state index is 0.788. The summed E-state index contributed by atoms with van der Waals surface area (Å²) in [6.07, 6.45) is 7.02. The van der Waals surface area contributed by atoms with E-state index in [1.54, 1.807) is 0 Å². The molecule has 3 atom stereocenters. The van der Waals surface area contributed by atoms with Crippen LogP contribution in [0.3, 0.4) is 0 Å². The third-order valence-corrected chi connectivity index (χ3v) is 4.97. The Bertz CT molecular complexity index is 244. The molecule has 1 N–H and O–H groups in total. The van der Waals surface area contributed by atoms with Gasteiger partial charge in [-0.25, -0.2) is 0 Å². The fraction of sp³-hybridized carbons (Fsp3) is 1.00. The van der Waals surface area contributed by atoms with Gasteiger partial charge in [0.25, 0.3) is 0 Å². The van der Waals surface area contributed by atoms with Gasteiger partial charge in [-0.3, -0.25) is 0 Å². The van der Waals surface area contributed by atoms with E-state index in [-0.39, 0.29) is 0 Å². The molecule has 1 aliphatic carbocycles. The first-order chi connectivity index (χ1) is 8.69. The fourth-order valence-electron chi connectivity index (χ4n) is 3.86. The summed E-state index contributed by atoms with van der Waals surface area (Å²) in [5, 5.41) is 3.49. The fourth-order valence-corrected chi connectivity index (χ4v) is 3.86. The van der Waals surface area contributed by atoms with E-state index in [4.69, 9.17) is 0 Å². The molecule has 3 nitrogen and oxygen atoms in total. The van der Waals surface area contributed by atoms with Crippen molar-refractivity contribution < 1.29 is 0 Å². The smallest absolute Gasteiger partial charge is 0.00928 e. The summed E-state index contributed by atoms with van der Waals surface area (Å²) in [7, 11) is 6.68. The Morgan fingerprint density at radius 3 is 2.78 bits per heavy atom. The van der Waals surface area contributed by atoms with Gasteiger partial charge < -0.3 is 15.1 Å². The predicted molar refractivity (Wildman–Crippen MR) is 77.9 cm³/mol. The van der Waals surface area contributed by atoms with Crippen molar-refractivity contribution in [1.82, 2.24) is 15.1 Å². The molecular weight excluding hydrogens is 222 g/mol. The van der Waals surface area contributed by atoms with Gasteiger partial charge in [0.1, 0.15) is 0 Å². The van der Waals surface area contributed by atoms with Crippen molar-refractivity contribution in [2.24, 2.45) is 11.8 Å². The van der Waals surface area contributed by atoms with Gasteiger partial charge in [-0.05, 0) is 71.8 Å².